The molecule has 7 heteroatoms. The van der Waals surface area contributed by atoms with E-state index < -0.39 is 0 Å². The highest BCUT2D eigenvalue weighted by atomic mass is 35.5. The second-order valence-electron chi connectivity index (χ2n) is 4.92. The van der Waals surface area contributed by atoms with Gasteiger partial charge in [0.1, 0.15) is 0 Å². The number of amides is 1. The van der Waals surface area contributed by atoms with Gasteiger partial charge in [-0.15, -0.1) is 11.3 Å². The van der Waals surface area contributed by atoms with Crippen LogP contribution in [0.2, 0.25) is 5.02 Å². The predicted molar refractivity (Wildman–Crippen MR) is 90.8 cm³/mol. The highest BCUT2D eigenvalue weighted by Crippen LogP contribution is 2.28. The number of aryl methyl sites for hydroxylation is 2. The van der Waals surface area contributed by atoms with Gasteiger partial charge >= 0.3 is 0 Å². The summed E-state index contributed by atoms with van der Waals surface area (Å²) in [5.74, 6) is 0.990. The van der Waals surface area contributed by atoms with Crippen LogP contribution >= 0.6 is 22.9 Å². The number of anilines is 1. The minimum Gasteiger partial charge on any atom is -0.441 e. The van der Waals surface area contributed by atoms with Crippen LogP contribution in [-0.4, -0.2) is 15.9 Å². The molecule has 5 nitrogen and oxygen atoms in total. The van der Waals surface area contributed by atoms with Crippen LogP contribution in [0.5, 0.6) is 0 Å². The molecule has 0 aliphatic rings. The van der Waals surface area contributed by atoms with Crippen molar-refractivity contribution in [1.29, 1.82) is 0 Å². The smallest absolute Gasteiger partial charge is 0.226 e. The molecule has 2 heterocycles. The Morgan fingerprint density at radius 1 is 1.30 bits per heavy atom. The fourth-order valence-electron chi connectivity index (χ4n) is 2.03. The lowest BCUT2D eigenvalue weighted by molar-refractivity contribution is -0.116. The topological polar surface area (TPSA) is 68.0 Å². The molecule has 0 unspecified atom stereocenters. The number of halogens is 1. The number of rotatable bonds is 5. The van der Waals surface area contributed by atoms with E-state index in [1.807, 2.05) is 25.1 Å². The molecule has 118 valence electrons. The van der Waals surface area contributed by atoms with Crippen LogP contribution in [0, 0.1) is 6.92 Å². The van der Waals surface area contributed by atoms with Crippen molar-refractivity contribution in [3.05, 3.63) is 52.4 Å². The quantitative estimate of drug-likeness (QED) is 0.745. The molecule has 0 saturated carbocycles. The number of oxazole rings is 1. The van der Waals surface area contributed by atoms with Crippen LogP contribution in [-0.2, 0) is 11.2 Å². The molecule has 0 spiro atoms. The van der Waals surface area contributed by atoms with E-state index in [1.165, 1.54) is 11.3 Å². The van der Waals surface area contributed by atoms with E-state index in [-0.39, 0.29) is 12.3 Å². The summed E-state index contributed by atoms with van der Waals surface area (Å²) in [6, 6.07) is 7.40. The molecule has 0 bridgehead atoms. The van der Waals surface area contributed by atoms with Crippen LogP contribution in [0.1, 0.15) is 17.2 Å². The Hall–Kier alpha value is -2.18. The van der Waals surface area contributed by atoms with Gasteiger partial charge in [0, 0.05) is 29.5 Å². The van der Waals surface area contributed by atoms with Gasteiger partial charge in [0.05, 0.1) is 11.2 Å². The lowest BCUT2D eigenvalue weighted by Crippen LogP contribution is -2.12. The summed E-state index contributed by atoms with van der Waals surface area (Å²) in [7, 11) is 0. The first-order chi connectivity index (χ1) is 11.1. The lowest BCUT2D eigenvalue weighted by Gasteiger charge is -2.00. The van der Waals surface area contributed by atoms with E-state index in [9.17, 15) is 4.79 Å². The molecule has 23 heavy (non-hydrogen) atoms. The summed E-state index contributed by atoms with van der Waals surface area (Å²) in [5.41, 5.74) is 0.788. The van der Waals surface area contributed by atoms with Crippen molar-refractivity contribution >= 4 is 34.0 Å². The average molecular weight is 348 g/mol. The molecule has 0 fully saturated rings. The maximum absolute atomic E-state index is 11.9. The molecule has 1 amide bonds. The van der Waals surface area contributed by atoms with Crippen LogP contribution in [0.15, 0.2) is 41.1 Å². The first kappa shape index (κ1) is 15.7. The van der Waals surface area contributed by atoms with Gasteiger partial charge in [0.15, 0.2) is 16.8 Å². The number of carbonyl (C=O) groups is 1. The molecule has 2 aromatic heterocycles. The number of nitrogens with one attached hydrogen (secondary N) is 1. The van der Waals surface area contributed by atoms with E-state index in [1.54, 1.807) is 18.5 Å². The summed E-state index contributed by atoms with van der Waals surface area (Å²) < 4.78 is 5.67. The molecule has 0 radical (unpaired) electrons. The zero-order valence-electron chi connectivity index (χ0n) is 12.4. The molecule has 0 aliphatic carbocycles. The first-order valence-electron chi connectivity index (χ1n) is 7.04. The first-order valence-corrected chi connectivity index (χ1v) is 8.23. The van der Waals surface area contributed by atoms with E-state index in [0.717, 1.165) is 10.4 Å². The fourth-order valence-corrected chi connectivity index (χ4v) is 2.94. The Morgan fingerprint density at radius 2 is 2.13 bits per heavy atom. The number of aromatic nitrogens is 2. The minimum atomic E-state index is -0.114. The Labute approximate surface area is 142 Å². The second kappa shape index (κ2) is 6.93. The summed E-state index contributed by atoms with van der Waals surface area (Å²) in [6.07, 6.45) is 4.05. The van der Waals surface area contributed by atoms with E-state index >= 15 is 0 Å². The monoisotopic (exact) mass is 347 g/mol. The normalized spacial score (nSPS) is 10.7. The minimum absolute atomic E-state index is 0.114. The Morgan fingerprint density at radius 3 is 2.87 bits per heavy atom. The molecular formula is C16H14ClN3O2S. The highest BCUT2D eigenvalue weighted by molar-refractivity contribution is 7.15. The number of hydrogen-bond acceptors (Lipinski definition) is 5. The number of thiazole rings is 1. The molecule has 3 aromatic rings. The van der Waals surface area contributed by atoms with Crippen molar-refractivity contribution in [2.45, 2.75) is 19.8 Å². The van der Waals surface area contributed by atoms with Crippen molar-refractivity contribution < 1.29 is 9.21 Å². The Bertz CT molecular complexity index is 828. The van der Waals surface area contributed by atoms with Crippen LogP contribution in [0.3, 0.4) is 0 Å². The molecule has 1 N–H and O–H groups in total. The molecular weight excluding hydrogens is 334 g/mol. The van der Waals surface area contributed by atoms with Crippen LogP contribution in [0.25, 0.3) is 11.3 Å². The number of hydrogen-bond donors (Lipinski definition) is 1. The van der Waals surface area contributed by atoms with E-state index in [4.69, 9.17) is 16.0 Å². The second-order valence-corrected chi connectivity index (χ2v) is 6.56. The zero-order chi connectivity index (χ0) is 16.2. The van der Waals surface area contributed by atoms with Crippen molar-refractivity contribution in [2.75, 3.05) is 5.32 Å². The SMILES string of the molecule is Cc1cnc(NC(=O)CCc2ncc(-c3ccccc3Cl)o2)s1. The maximum Gasteiger partial charge on any atom is 0.226 e. The zero-order valence-corrected chi connectivity index (χ0v) is 13.9. The average Bonchev–Trinajstić information content (AvgIpc) is 3.15. The van der Waals surface area contributed by atoms with Crippen molar-refractivity contribution in [1.82, 2.24) is 9.97 Å². The molecule has 1 aromatic carbocycles. The van der Waals surface area contributed by atoms with Crippen molar-refractivity contribution in [2.24, 2.45) is 0 Å². The summed E-state index contributed by atoms with van der Waals surface area (Å²) in [6.45, 7) is 1.94. The fraction of sp³-hybridized carbons (Fsp3) is 0.188. The van der Waals surface area contributed by atoms with Gasteiger partial charge in [-0.25, -0.2) is 9.97 Å². The van der Waals surface area contributed by atoms with Gasteiger partial charge in [-0.1, -0.05) is 23.7 Å². The van der Waals surface area contributed by atoms with Gasteiger partial charge in [-0.05, 0) is 19.1 Å². The Kier molecular flexibility index (Phi) is 4.73. The largest absolute Gasteiger partial charge is 0.441 e. The van der Waals surface area contributed by atoms with Gasteiger partial charge in [-0.2, -0.15) is 0 Å². The molecule has 0 saturated heterocycles. The van der Waals surface area contributed by atoms with Gasteiger partial charge < -0.3 is 9.73 Å². The molecule has 3 rings (SSSR count). The number of carbonyl (C=O) groups excluding carboxylic acids is 1. The highest BCUT2D eigenvalue weighted by Gasteiger charge is 2.11. The van der Waals surface area contributed by atoms with Gasteiger partial charge in [0.25, 0.3) is 0 Å². The molecule has 0 aliphatic heterocycles. The van der Waals surface area contributed by atoms with Crippen molar-refractivity contribution in [3.8, 4) is 11.3 Å². The summed E-state index contributed by atoms with van der Waals surface area (Å²) >= 11 is 7.57. The third-order valence-corrected chi connectivity index (χ3v) is 4.28. The van der Waals surface area contributed by atoms with Crippen LogP contribution in [0.4, 0.5) is 5.13 Å². The van der Waals surface area contributed by atoms with Gasteiger partial charge in [-0.3, -0.25) is 4.79 Å². The third kappa shape index (κ3) is 3.97. The van der Waals surface area contributed by atoms with E-state index in [2.05, 4.69) is 15.3 Å². The standard InChI is InChI=1S/C16H14ClN3O2S/c1-10-8-19-16(23-10)20-14(21)6-7-15-18-9-13(22-15)11-4-2-3-5-12(11)17/h2-5,8-9H,6-7H2,1H3,(H,19,20,21). The number of nitrogens with zero attached hydrogens (tertiary/aromatic N) is 2. The summed E-state index contributed by atoms with van der Waals surface area (Å²) in [5, 5.41) is 3.97. The Balaban J connectivity index is 1.59. The molecule has 0 atom stereocenters. The summed E-state index contributed by atoms with van der Waals surface area (Å²) in [4.78, 5) is 21.2. The third-order valence-electron chi connectivity index (χ3n) is 3.13. The van der Waals surface area contributed by atoms with E-state index in [0.29, 0.717) is 28.2 Å². The number of benzene rings is 1. The maximum atomic E-state index is 11.9. The predicted octanol–water partition coefficient (Wildman–Crippen LogP) is 4.33. The van der Waals surface area contributed by atoms with Gasteiger partial charge in [0.2, 0.25) is 5.91 Å². The lowest BCUT2D eigenvalue weighted by atomic mass is 10.2. The van der Waals surface area contributed by atoms with Crippen molar-refractivity contribution in [3.63, 3.8) is 0 Å². The van der Waals surface area contributed by atoms with Crippen LogP contribution < -0.4 is 5.32 Å².